The SMILES string of the molecule is COC(=O)c1c(NC(=O)C(Sc2cccc(NC(=O)c3ccc(C(=O)O)cc3C(=O)O)c2)c2ccccc2)sc2c1CCN(C(=O)OC(C)(C)C)C2. The second-order valence-electron chi connectivity index (χ2n) is 12.6. The van der Waals surface area contributed by atoms with Gasteiger partial charge in [0.2, 0.25) is 5.91 Å². The lowest BCUT2D eigenvalue weighted by atomic mass is 10.0. The molecule has 15 heteroatoms. The lowest BCUT2D eigenvalue weighted by Gasteiger charge is -2.30. The molecule has 0 aliphatic carbocycles. The molecule has 2 heterocycles. The maximum absolute atomic E-state index is 14.1. The number of esters is 1. The summed E-state index contributed by atoms with van der Waals surface area (Å²) in [5.74, 6) is -4.62. The molecule has 1 unspecified atom stereocenters. The first-order chi connectivity index (χ1) is 24.6. The number of fused-ring (bicyclic) bond motifs is 1. The number of ether oxygens (including phenoxy) is 2. The van der Waals surface area contributed by atoms with E-state index in [-0.39, 0.29) is 23.2 Å². The Labute approximate surface area is 306 Å². The third-order valence-electron chi connectivity index (χ3n) is 7.76. The molecule has 0 saturated heterocycles. The first-order valence-electron chi connectivity index (χ1n) is 15.9. The van der Waals surface area contributed by atoms with E-state index in [4.69, 9.17) is 9.47 Å². The van der Waals surface area contributed by atoms with Crippen molar-refractivity contribution in [3.8, 4) is 0 Å². The Bertz CT molecular complexity index is 2060. The predicted octanol–water partition coefficient (Wildman–Crippen LogP) is 6.95. The van der Waals surface area contributed by atoms with Crippen LogP contribution in [0.15, 0.2) is 77.7 Å². The van der Waals surface area contributed by atoms with Crippen molar-refractivity contribution in [2.75, 3.05) is 24.3 Å². The number of nitrogens with one attached hydrogen (secondary N) is 2. The lowest BCUT2D eigenvalue weighted by molar-refractivity contribution is -0.115. The summed E-state index contributed by atoms with van der Waals surface area (Å²) < 4.78 is 10.6. The van der Waals surface area contributed by atoms with E-state index >= 15 is 0 Å². The summed E-state index contributed by atoms with van der Waals surface area (Å²) >= 11 is 2.37. The number of hydrogen-bond donors (Lipinski definition) is 4. The summed E-state index contributed by atoms with van der Waals surface area (Å²) in [6.45, 7) is 5.85. The van der Waals surface area contributed by atoms with Crippen molar-refractivity contribution in [3.63, 3.8) is 0 Å². The van der Waals surface area contributed by atoms with Gasteiger partial charge in [0, 0.05) is 22.0 Å². The zero-order valence-electron chi connectivity index (χ0n) is 28.6. The van der Waals surface area contributed by atoms with Gasteiger partial charge in [0.25, 0.3) is 5.91 Å². The highest BCUT2D eigenvalue weighted by Gasteiger charge is 2.34. The highest BCUT2D eigenvalue weighted by Crippen LogP contribution is 2.41. The van der Waals surface area contributed by atoms with Gasteiger partial charge in [-0.25, -0.2) is 19.2 Å². The zero-order chi connectivity index (χ0) is 37.7. The Balaban J connectivity index is 1.40. The van der Waals surface area contributed by atoms with Gasteiger partial charge in [-0.2, -0.15) is 0 Å². The average Bonchev–Trinajstić information content (AvgIpc) is 3.46. The summed E-state index contributed by atoms with van der Waals surface area (Å²) in [5, 5.41) is 23.9. The number of carbonyl (C=O) groups excluding carboxylic acids is 4. The topological polar surface area (TPSA) is 189 Å². The second-order valence-corrected chi connectivity index (χ2v) is 14.9. The fourth-order valence-electron chi connectivity index (χ4n) is 5.40. The summed E-state index contributed by atoms with van der Waals surface area (Å²) in [6, 6.07) is 18.8. The highest BCUT2D eigenvalue weighted by atomic mass is 32.2. The standard InChI is InChI=1S/C37H35N3O10S2/c1-37(2,3)50-36(48)40-16-15-25-27(19-40)52-32(28(25)35(47)49-4)39-31(42)29(20-9-6-5-7-10-20)51-23-12-8-11-22(18-23)38-30(41)24-14-13-21(33(43)44)17-26(24)34(45)46/h5-14,17-18,29H,15-16,19H2,1-4H3,(H,38,41)(H,39,42)(H,43,44)(H,45,46). The molecule has 0 saturated carbocycles. The van der Waals surface area contributed by atoms with Crippen molar-refractivity contribution in [1.29, 1.82) is 0 Å². The van der Waals surface area contributed by atoms with Gasteiger partial charge in [-0.05, 0) is 74.7 Å². The van der Waals surface area contributed by atoms with E-state index in [0.29, 0.717) is 39.7 Å². The normalized spacial score (nSPS) is 13.0. The quantitative estimate of drug-likeness (QED) is 0.0972. The average molecular weight is 746 g/mol. The van der Waals surface area contributed by atoms with Crippen molar-refractivity contribution in [1.82, 2.24) is 4.90 Å². The molecule has 0 fully saturated rings. The van der Waals surface area contributed by atoms with Crippen LogP contribution in [0.25, 0.3) is 0 Å². The fraction of sp³-hybridized carbons (Fsp3) is 0.243. The molecule has 3 aromatic carbocycles. The fourth-order valence-corrected chi connectivity index (χ4v) is 7.74. The minimum Gasteiger partial charge on any atom is -0.478 e. The van der Waals surface area contributed by atoms with Crippen LogP contribution in [0.2, 0.25) is 0 Å². The molecular formula is C37H35N3O10S2. The van der Waals surface area contributed by atoms with Gasteiger partial charge in [-0.1, -0.05) is 36.4 Å². The predicted molar refractivity (Wildman–Crippen MR) is 194 cm³/mol. The van der Waals surface area contributed by atoms with Crippen molar-refractivity contribution >= 4 is 69.6 Å². The lowest BCUT2D eigenvalue weighted by Crippen LogP contribution is -2.39. The van der Waals surface area contributed by atoms with Gasteiger partial charge in [-0.3, -0.25) is 9.59 Å². The summed E-state index contributed by atoms with van der Waals surface area (Å²) in [7, 11) is 1.26. The van der Waals surface area contributed by atoms with E-state index in [9.17, 15) is 39.0 Å². The molecule has 1 atom stereocenters. The van der Waals surface area contributed by atoms with Gasteiger partial charge in [-0.15, -0.1) is 23.1 Å². The van der Waals surface area contributed by atoms with E-state index in [1.165, 1.54) is 30.2 Å². The molecular weight excluding hydrogens is 711 g/mol. The van der Waals surface area contributed by atoms with Crippen LogP contribution in [0.4, 0.5) is 15.5 Å². The third kappa shape index (κ3) is 8.79. The van der Waals surface area contributed by atoms with Crippen molar-refractivity contribution in [2.45, 2.75) is 49.5 Å². The van der Waals surface area contributed by atoms with Crippen molar-refractivity contribution in [2.24, 2.45) is 0 Å². The molecule has 0 spiro atoms. The van der Waals surface area contributed by atoms with Crippen LogP contribution in [0.1, 0.15) is 83.5 Å². The Morgan fingerprint density at radius 2 is 1.62 bits per heavy atom. The Morgan fingerprint density at radius 3 is 2.27 bits per heavy atom. The third-order valence-corrected chi connectivity index (χ3v) is 10.1. The number of thioether (sulfide) groups is 1. The van der Waals surface area contributed by atoms with Crippen molar-refractivity contribution < 1.29 is 48.5 Å². The molecule has 4 aromatic rings. The monoisotopic (exact) mass is 745 g/mol. The number of carbonyl (C=O) groups is 6. The van der Waals surface area contributed by atoms with Crippen molar-refractivity contribution in [3.05, 3.63) is 111 Å². The molecule has 3 amide bonds. The van der Waals surface area contributed by atoms with E-state index in [1.807, 2.05) is 6.07 Å². The number of amides is 3. The molecule has 270 valence electrons. The van der Waals surface area contributed by atoms with Gasteiger partial charge in [0.1, 0.15) is 15.9 Å². The molecule has 1 aliphatic heterocycles. The molecule has 0 radical (unpaired) electrons. The number of thiophene rings is 1. The Morgan fingerprint density at radius 1 is 0.885 bits per heavy atom. The molecule has 1 aromatic heterocycles. The van der Waals surface area contributed by atoms with Gasteiger partial charge in [0.15, 0.2) is 0 Å². The number of benzene rings is 3. The number of aromatic carboxylic acids is 2. The zero-order valence-corrected chi connectivity index (χ0v) is 30.2. The minimum atomic E-state index is -1.46. The Kier molecular flexibility index (Phi) is 11.3. The maximum atomic E-state index is 14.1. The van der Waals surface area contributed by atoms with Crippen LogP contribution < -0.4 is 10.6 Å². The number of methoxy groups -OCH3 is 1. The highest BCUT2D eigenvalue weighted by molar-refractivity contribution is 8.00. The first kappa shape index (κ1) is 37.6. The van der Waals surface area contributed by atoms with Gasteiger partial charge < -0.3 is 35.2 Å². The second kappa shape index (κ2) is 15.7. The summed E-state index contributed by atoms with van der Waals surface area (Å²) in [4.78, 5) is 79.1. The van der Waals surface area contributed by atoms with E-state index < -0.39 is 52.2 Å². The summed E-state index contributed by atoms with van der Waals surface area (Å²) in [6.07, 6.45) is -0.118. The van der Waals surface area contributed by atoms with E-state index in [2.05, 4.69) is 10.6 Å². The smallest absolute Gasteiger partial charge is 0.410 e. The number of nitrogens with zero attached hydrogens (tertiary/aromatic N) is 1. The molecule has 52 heavy (non-hydrogen) atoms. The van der Waals surface area contributed by atoms with Crippen LogP contribution in [0.3, 0.4) is 0 Å². The first-order valence-corrected chi connectivity index (χ1v) is 17.6. The number of carboxylic acids is 2. The van der Waals surface area contributed by atoms with Crippen LogP contribution in [0, 0.1) is 0 Å². The molecule has 5 rings (SSSR count). The number of carboxylic acid groups (broad SMARTS) is 2. The van der Waals surface area contributed by atoms with Gasteiger partial charge >= 0.3 is 24.0 Å². The van der Waals surface area contributed by atoms with E-state index in [1.54, 1.807) is 74.2 Å². The molecule has 4 N–H and O–H groups in total. The number of anilines is 2. The molecule has 0 bridgehead atoms. The summed E-state index contributed by atoms with van der Waals surface area (Å²) in [5.41, 5.74) is 0.227. The largest absolute Gasteiger partial charge is 0.478 e. The number of hydrogen-bond acceptors (Lipinski definition) is 10. The molecule has 1 aliphatic rings. The maximum Gasteiger partial charge on any atom is 0.410 e. The Hall–Kier alpha value is -5.67. The van der Waals surface area contributed by atoms with Crippen LogP contribution in [0.5, 0.6) is 0 Å². The van der Waals surface area contributed by atoms with Crippen LogP contribution in [-0.4, -0.2) is 70.2 Å². The molecule has 13 nitrogen and oxygen atoms in total. The van der Waals surface area contributed by atoms with E-state index in [0.717, 1.165) is 23.1 Å². The van der Waals surface area contributed by atoms with Gasteiger partial charge in [0.05, 0.1) is 35.9 Å². The minimum absolute atomic E-state index is 0.196. The van der Waals surface area contributed by atoms with Crippen LogP contribution >= 0.6 is 23.1 Å². The van der Waals surface area contributed by atoms with Crippen LogP contribution in [-0.2, 0) is 27.2 Å². The number of rotatable bonds is 10.